The van der Waals surface area contributed by atoms with Crippen molar-refractivity contribution in [3.05, 3.63) is 34.6 Å². The van der Waals surface area contributed by atoms with Crippen molar-refractivity contribution in [3.63, 3.8) is 0 Å². The number of nitrogens with two attached hydrogens (primary N) is 1. The van der Waals surface area contributed by atoms with Gasteiger partial charge in [-0.05, 0) is 37.6 Å². The summed E-state index contributed by atoms with van der Waals surface area (Å²) < 4.78 is 13.3. The fourth-order valence-corrected chi connectivity index (χ4v) is 2.34. The molecule has 84 valence electrons. The summed E-state index contributed by atoms with van der Waals surface area (Å²) in [6.45, 7) is 3.91. The minimum Gasteiger partial charge on any atom is -0.325 e. The van der Waals surface area contributed by atoms with Gasteiger partial charge in [0, 0.05) is 22.1 Å². The number of rotatable bonds is 4. The Hall–Kier alpha value is -0.250. The van der Waals surface area contributed by atoms with Gasteiger partial charge < -0.3 is 5.73 Å². The smallest absolute Gasteiger partial charge is 0.127 e. The van der Waals surface area contributed by atoms with E-state index in [1.807, 2.05) is 13.8 Å². The second-order valence-electron chi connectivity index (χ2n) is 4.22. The van der Waals surface area contributed by atoms with Gasteiger partial charge in [0.1, 0.15) is 5.82 Å². The van der Waals surface area contributed by atoms with Crippen molar-refractivity contribution < 1.29 is 4.39 Å². The highest BCUT2D eigenvalue weighted by Gasteiger charge is 2.11. The quantitative estimate of drug-likeness (QED) is 0.882. The van der Waals surface area contributed by atoms with Crippen molar-refractivity contribution in [3.8, 4) is 0 Å². The van der Waals surface area contributed by atoms with Crippen LogP contribution < -0.4 is 5.73 Å². The number of hydrogen-bond acceptors (Lipinski definition) is 2. The lowest BCUT2D eigenvalue weighted by Gasteiger charge is -2.17. The maximum atomic E-state index is 13.3. The first-order chi connectivity index (χ1) is 6.88. The van der Waals surface area contributed by atoms with Gasteiger partial charge >= 0.3 is 0 Å². The Morgan fingerprint density at radius 1 is 1.47 bits per heavy atom. The second kappa shape index (κ2) is 5.19. The van der Waals surface area contributed by atoms with Crippen molar-refractivity contribution in [2.75, 3.05) is 5.75 Å². The zero-order chi connectivity index (χ0) is 11.5. The Kier molecular flexibility index (Phi) is 4.44. The van der Waals surface area contributed by atoms with E-state index < -0.39 is 0 Å². The topological polar surface area (TPSA) is 26.0 Å². The molecule has 0 amide bonds. The summed E-state index contributed by atoms with van der Waals surface area (Å²) in [7, 11) is 0. The molecule has 0 aliphatic heterocycles. The second-order valence-corrected chi connectivity index (χ2v) is 5.64. The maximum absolute atomic E-state index is 13.3. The normalized spacial score (nSPS) is 11.8. The zero-order valence-electron chi connectivity index (χ0n) is 8.89. The van der Waals surface area contributed by atoms with Crippen molar-refractivity contribution in [1.29, 1.82) is 0 Å². The van der Waals surface area contributed by atoms with Crippen LogP contribution in [0.25, 0.3) is 0 Å². The number of hydrogen-bond donors (Lipinski definition) is 1. The predicted molar refractivity (Wildman–Crippen MR) is 65.8 cm³/mol. The molecule has 2 N–H and O–H groups in total. The first kappa shape index (κ1) is 12.8. The van der Waals surface area contributed by atoms with E-state index in [4.69, 9.17) is 17.3 Å². The molecule has 15 heavy (non-hydrogen) atoms. The summed E-state index contributed by atoms with van der Waals surface area (Å²) in [5, 5.41) is 0.569. The Bertz CT molecular complexity index is 336. The molecule has 0 saturated carbocycles. The van der Waals surface area contributed by atoms with Gasteiger partial charge in [-0.25, -0.2) is 4.39 Å². The fraction of sp³-hybridized carbons (Fsp3) is 0.455. The Morgan fingerprint density at radius 2 is 2.13 bits per heavy atom. The Balaban J connectivity index is 2.54. The standard InChI is InChI=1S/C11H15ClFNS/c1-11(2,14)7-15-6-8-5-9(12)3-4-10(8)13/h3-5H,6-7,14H2,1-2H3. The highest BCUT2D eigenvalue weighted by Crippen LogP contribution is 2.21. The van der Waals surface area contributed by atoms with Crippen molar-refractivity contribution >= 4 is 23.4 Å². The fourth-order valence-electron chi connectivity index (χ4n) is 1.08. The molecule has 0 radical (unpaired) electrons. The molecule has 0 aliphatic rings. The van der Waals surface area contributed by atoms with E-state index >= 15 is 0 Å². The lowest BCUT2D eigenvalue weighted by molar-refractivity contribution is 0.590. The van der Waals surface area contributed by atoms with E-state index in [9.17, 15) is 4.39 Å². The molecule has 1 aromatic carbocycles. The third-order valence-corrected chi connectivity index (χ3v) is 3.44. The maximum Gasteiger partial charge on any atom is 0.127 e. The van der Waals surface area contributed by atoms with Crippen LogP contribution in [-0.4, -0.2) is 11.3 Å². The van der Waals surface area contributed by atoms with Crippen LogP contribution >= 0.6 is 23.4 Å². The van der Waals surface area contributed by atoms with Gasteiger partial charge in [-0.3, -0.25) is 0 Å². The van der Waals surface area contributed by atoms with Crippen molar-refractivity contribution in [2.45, 2.75) is 25.1 Å². The summed E-state index contributed by atoms with van der Waals surface area (Å²) in [4.78, 5) is 0. The molecule has 4 heteroatoms. The van der Waals surface area contributed by atoms with Gasteiger partial charge in [0.15, 0.2) is 0 Å². The molecule has 1 nitrogen and oxygen atoms in total. The summed E-state index contributed by atoms with van der Waals surface area (Å²) >= 11 is 7.40. The SMILES string of the molecule is CC(C)(N)CSCc1cc(Cl)ccc1F. The monoisotopic (exact) mass is 247 g/mol. The van der Waals surface area contributed by atoms with Crippen LogP contribution in [0, 0.1) is 5.82 Å². The van der Waals surface area contributed by atoms with Crippen LogP contribution in [0.4, 0.5) is 4.39 Å². The molecule has 0 heterocycles. The number of benzene rings is 1. The lowest BCUT2D eigenvalue weighted by Crippen LogP contribution is -2.34. The van der Waals surface area contributed by atoms with E-state index in [0.29, 0.717) is 16.3 Å². The van der Waals surface area contributed by atoms with Crippen LogP contribution in [0.3, 0.4) is 0 Å². The summed E-state index contributed by atoms with van der Waals surface area (Å²) in [5.41, 5.74) is 6.24. The Morgan fingerprint density at radius 3 is 2.73 bits per heavy atom. The number of halogens is 2. The van der Waals surface area contributed by atoms with E-state index in [-0.39, 0.29) is 11.4 Å². The molecule has 0 atom stereocenters. The van der Waals surface area contributed by atoms with Crippen LogP contribution in [0.2, 0.25) is 5.02 Å². The molecule has 1 rings (SSSR count). The van der Waals surface area contributed by atoms with E-state index in [1.54, 1.807) is 23.9 Å². The highest BCUT2D eigenvalue weighted by atomic mass is 35.5. The van der Waals surface area contributed by atoms with Crippen LogP contribution in [0.5, 0.6) is 0 Å². The van der Waals surface area contributed by atoms with E-state index in [2.05, 4.69) is 0 Å². The highest BCUT2D eigenvalue weighted by molar-refractivity contribution is 7.98. The molecule has 0 aromatic heterocycles. The molecule has 0 unspecified atom stereocenters. The molecule has 0 bridgehead atoms. The summed E-state index contributed by atoms with van der Waals surface area (Å²) in [5.74, 6) is 1.19. The van der Waals surface area contributed by atoms with E-state index in [0.717, 1.165) is 5.75 Å². The van der Waals surface area contributed by atoms with Crippen molar-refractivity contribution in [2.24, 2.45) is 5.73 Å². The third kappa shape index (κ3) is 4.87. The molecule has 0 spiro atoms. The van der Waals surface area contributed by atoms with Crippen LogP contribution in [-0.2, 0) is 5.75 Å². The molecule has 0 saturated heterocycles. The van der Waals surface area contributed by atoms with E-state index in [1.165, 1.54) is 6.07 Å². The first-order valence-electron chi connectivity index (χ1n) is 4.69. The minimum absolute atomic E-state index is 0.207. The van der Waals surface area contributed by atoms with Gasteiger partial charge in [0.05, 0.1) is 0 Å². The first-order valence-corrected chi connectivity index (χ1v) is 6.22. The summed E-state index contributed by atoms with van der Waals surface area (Å²) in [6.07, 6.45) is 0. The van der Waals surface area contributed by atoms with Crippen LogP contribution in [0.1, 0.15) is 19.4 Å². The van der Waals surface area contributed by atoms with Crippen LogP contribution in [0.15, 0.2) is 18.2 Å². The van der Waals surface area contributed by atoms with Gasteiger partial charge in [0.2, 0.25) is 0 Å². The minimum atomic E-state index is -0.223. The predicted octanol–water partition coefficient (Wildman–Crippen LogP) is 3.45. The average Bonchev–Trinajstić information content (AvgIpc) is 2.09. The third-order valence-electron chi connectivity index (χ3n) is 1.74. The molecule has 1 aromatic rings. The molecular weight excluding hydrogens is 233 g/mol. The van der Waals surface area contributed by atoms with Gasteiger partial charge in [0.25, 0.3) is 0 Å². The largest absolute Gasteiger partial charge is 0.325 e. The average molecular weight is 248 g/mol. The van der Waals surface area contributed by atoms with Gasteiger partial charge in [-0.15, -0.1) is 0 Å². The van der Waals surface area contributed by atoms with Crippen molar-refractivity contribution in [1.82, 2.24) is 0 Å². The molecule has 0 fully saturated rings. The zero-order valence-corrected chi connectivity index (χ0v) is 10.5. The molecular formula is C11H15ClFNS. The Labute approximate surface area is 99.2 Å². The van der Waals surface area contributed by atoms with Gasteiger partial charge in [-0.1, -0.05) is 11.6 Å². The number of thioether (sulfide) groups is 1. The summed E-state index contributed by atoms with van der Waals surface area (Å²) in [6, 6.07) is 4.61. The lowest BCUT2D eigenvalue weighted by atomic mass is 10.1. The molecule has 0 aliphatic carbocycles. The van der Waals surface area contributed by atoms with Gasteiger partial charge in [-0.2, -0.15) is 11.8 Å².